The molecular weight excluding hydrogens is 382 g/mol. The Kier molecular flexibility index (Phi) is 6.69. The summed E-state index contributed by atoms with van der Waals surface area (Å²) in [7, 11) is 0. The van der Waals surface area contributed by atoms with Crippen molar-refractivity contribution in [1.29, 1.82) is 0 Å². The van der Waals surface area contributed by atoms with Gasteiger partial charge in [-0.3, -0.25) is 4.90 Å². The Bertz CT molecular complexity index is 644. The molecule has 0 radical (unpaired) electrons. The van der Waals surface area contributed by atoms with E-state index in [9.17, 15) is 10.1 Å². The molecule has 1 aromatic carbocycles. The molecule has 154 valence electrons. The van der Waals surface area contributed by atoms with Gasteiger partial charge in [-0.25, -0.2) is 0 Å². The van der Waals surface area contributed by atoms with Gasteiger partial charge in [-0.15, -0.1) is 21.9 Å². The summed E-state index contributed by atoms with van der Waals surface area (Å²) in [5.41, 5.74) is 0. The average molecular weight is 410 g/mol. The van der Waals surface area contributed by atoms with Crippen molar-refractivity contribution in [1.82, 2.24) is 9.80 Å². The standard InChI is InChI=1S/C19H27N3O5S/c23-22(24)27-17-14-26-18-16(13-25-19(17)18)21-10-8-20(9-11-21)7-4-12-28-15-5-2-1-3-6-15/h1-3,5-6,16-19H,4,7-14H2/t16-,17+,18-,19-/m1/s1. The summed E-state index contributed by atoms with van der Waals surface area (Å²) in [5, 5.41) is 9.86. The van der Waals surface area contributed by atoms with E-state index in [1.807, 2.05) is 17.8 Å². The predicted octanol–water partition coefficient (Wildman–Crippen LogP) is 1.53. The van der Waals surface area contributed by atoms with Crippen LogP contribution in [0.4, 0.5) is 0 Å². The number of hydrogen-bond donors (Lipinski definition) is 0. The Hall–Kier alpha value is -1.39. The molecule has 4 rings (SSSR count). The molecule has 0 unspecified atom stereocenters. The van der Waals surface area contributed by atoms with Crippen LogP contribution in [0.5, 0.6) is 0 Å². The van der Waals surface area contributed by atoms with Gasteiger partial charge in [0.25, 0.3) is 5.09 Å². The minimum atomic E-state index is -0.748. The van der Waals surface area contributed by atoms with E-state index in [1.54, 1.807) is 0 Å². The Morgan fingerprint density at radius 2 is 1.86 bits per heavy atom. The largest absolute Gasteiger partial charge is 0.371 e. The first-order valence-electron chi connectivity index (χ1n) is 9.89. The predicted molar refractivity (Wildman–Crippen MR) is 105 cm³/mol. The fourth-order valence-corrected chi connectivity index (χ4v) is 5.13. The summed E-state index contributed by atoms with van der Waals surface area (Å²) in [6, 6.07) is 10.7. The summed E-state index contributed by atoms with van der Waals surface area (Å²) >= 11 is 1.91. The van der Waals surface area contributed by atoms with Gasteiger partial charge in [0, 0.05) is 31.1 Å². The maximum atomic E-state index is 10.6. The van der Waals surface area contributed by atoms with Gasteiger partial charge < -0.3 is 19.2 Å². The van der Waals surface area contributed by atoms with Crippen molar-refractivity contribution < 1.29 is 19.4 Å². The highest BCUT2D eigenvalue weighted by Gasteiger charge is 2.51. The van der Waals surface area contributed by atoms with Crippen LogP contribution < -0.4 is 0 Å². The Labute approximate surface area is 169 Å². The highest BCUT2D eigenvalue weighted by atomic mass is 32.2. The van der Waals surface area contributed by atoms with Gasteiger partial charge in [-0.05, 0) is 30.9 Å². The maximum absolute atomic E-state index is 10.6. The van der Waals surface area contributed by atoms with Crippen LogP contribution in [0.1, 0.15) is 6.42 Å². The van der Waals surface area contributed by atoms with E-state index in [0.29, 0.717) is 6.61 Å². The third-order valence-electron chi connectivity index (χ3n) is 5.71. The monoisotopic (exact) mass is 409 g/mol. The van der Waals surface area contributed by atoms with E-state index in [0.717, 1.165) is 38.5 Å². The van der Waals surface area contributed by atoms with Crippen molar-refractivity contribution in [3.63, 3.8) is 0 Å². The van der Waals surface area contributed by atoms with Crippen molar-refractivity contribution in [2.75, 3.05) is 51.7 Å². The van der Waals surface area contributed by atoms with Crippen molar-refractivity contribution >= 4 is 11.8 Å². The highest BCUT2D eigenvalue weighted by molar-refractivity contribution is 7.99. The zero-order valence-electron chi connectivity index (χ0n) is 15.9. The van der Waals surface area contributed by atoms with Crippen LogP contribution in [0.15, 0.2) is 35.2 Å². The van der Waals surface area contributed by atoms with E-state index in [-0.39, 0.29) is 24.9 Å². The first-order chi connectivity index (χ1) is 13.7. The third kappa shape index (κ3) is 4.77. The second-order valence-electron chi connectivity index (χ2n) is 7.42. The quantitative estimate of drug-likeness (QED) is 0.277. The number of nitrogens with zero attached hydrogens (tertiary/aromatic N) is 3. The molecule has 0 spiro atoms. The molecular formula is C19H27N3O5S. The Balaban J connectivity index is 1.16. The first kappa shape index (κ1) is 19.9. The molecule has 3 aliphatic rings. The molecule has 3 heterocycles. The van der Waals surface area contributed by atoms with Crippen LogP contribution in [-0.2, 0) is 14.3 Å². The lowest BCUT2D eigenvalue weighted by atomic mass is 10.1. The summed E-state index contributed by atoms with van der Waals surface area (Å²) in [5.74, 6) is 1.14. The van der Waals surface area contributed by atoms with Crippen LogP contribution in [0, 0.1) is 10.1 Å². The van der Waals surface area contributed by atoms with Gasteiger partial charge in [0.05, 0.1) is 19.3 Å². The fraction of sp³-hybridized carbons (Fsp3) is 0.684. The van der Waals surface area contributed by atoms with Crippen LogP contribution in [0.25, 0.3) is 0 Å². The molecule has 0 saturated carbocycles. The van der Waals surface area contributed by atoms with Crippen LogP contribution >= 0.6 is 11.8 Å². The molecule has 3 fully saturated rings. The average Bonchev–Trinajstić information content (AvgIpc) is 3.29. The van der Waals surface area contributed by atoms with Crippen molar-refractivity contribution in [2.45, 2.75) is 35.7 Å². The molecule has 0 aliphatic carbocycles. The van der Waals surface area contributed by atoms with E-state index in [1.165, 1.54) is 11.3 Å². The number of ether oxygens (including phenoxy) is 2. The summed E-state index contributed by atoms with van der Waals surface area (Å²) in [6.07, 6.45) is 0.121. The molecule has 3 aliphatic heterocycles. The van der Waals surface area contributed by atoms with Crippen molar-refractivity contribution in [3.05, 3.63) is 40.4 Å². The molecule has 0 aromatic heterocycles. The lowest BCUT2D eigenvalue weighted by Gasteiger charge is -2.38. The highest BCUT2D eigenvalue weighted by Crippen LogP contribution is 2.32. The maximum Gasteiger partial charge on any atom is 0.294 e. The number of thioether (sulfide) groups is 1. The lowest BCUT2D eigenvalue weighted by molar-refractivity contribution is -0.769. The molecule has 0 N–H and O–H groups in total. The normalized spacial score (nSPS) is 31.0. The fourth-order valence-electron chi connectivity index (χ4n) is 4.27. The molecule has 8 nitrogen and oxygen atoms in total. The summed E-state index contributed by atoms with van der Waals surface area (Å²) in [4.78, 5) is 21.6. The Morgan fingerprint density at radius 3 is 2.61 bits per heavy atom. The SMILES string of the molecule is O=[N+]([O-])O[C@H]1CO[C@H]2[C@@H]1OC[C@H]2N1CCN(CCCSc2ccccc2)CC1. The van der Waals surface area contributed by atoms with Gasteiger partial charge in [-0.2, -0.15) is 0 Å². The number of piperazine rings is 1. The zero-order chi connectivity index (χ0) is 19.3. The van der Waals surface area contributed by atoms with Gasteiger partial charge in [-0.1, -0.05) is 18.2 Å². The van der Waals surface area contributed by atoms with Gasteiger partial charge in [0.2, 0.25) is 0 Å². The van der Waals surface area contributed by atoms with Gasteiger partial charge in [0.1, 0.15) is 12.2 Å². The second-order valence-corrected chi connectivity index (χ2v) is 8.59. The Morgan fingerprint density at radius 1 is 1.11 bits per heavy atom. The molecule has 9 heteroatoms. The molecule has 1 aromatic rings. The van der Waals surface area contributed by atoms with E-state index >= 15 is 0 Å². The number of fused-ring (bicyclic) bond motifs is 1. The first-order valence-corrected chi connectivity index (χ1v) is 10.9. The summed E-state index contributed by atoms with van der Waals surface area (Å²) in [6.45, 7) is 5.94. The molecule has 28 heavy (non-hydrogen) atoms. The van der Waals surface area contributed by atoms with Crippen LogP contribution in [0.3, 0.4) is 0 Å². The van der Waals surface area contributed by atoms with Crippen LogP contribution in [0.2, 0.25) is 0 Å². The van der Waals surface area contributed by atoms with Gasteiger partial charge in [0.15, 0.2) is 6.10 Å². The van der Waals surface area contributed by atoms with E-state index < -0.39 is 11.2 Å². The number of rotatable bonds is 8. The number of hydrogen-bond acceptors (Lipinski definition) is 8. The minimum Gasteiger partial charge on any atom is -0.371 e. The minimum absolute atomic E-state index is 0.126. The van der Waals surface area contributed by atoms with Crippen LogP contribution in [-0.4, -0.2) is 90.9 Å². The lowest BCUT2D eigenvalue weighted by Crippen LogP contribution is -2.54. The van der Waals surface area contributed by atoms with E-state index in [4.69, 9.17) is 14.3 Å². The molecule has 4 atom stereocenters. The number of benzene rings is 1. The van der Waals surface area contributed by atoms with Crippen molar-refractivity contribution in [2.24, 2.45) is 0 Å². The van der Waals surface area contributed by atoms with Gasteiger partial charge >= 0.3 is 0 Å². The molecule has 0 bridgehead atoms. The topological polar surface area (TPSA) is 77.3 Å². The summed E-state index contributed by atoms with van der Waals surface area (Å²) < 4.78 is 11.6. The smallest absolute Gasteiger partial charge is 0.294 e. The molecule has 3 saturated heterocycles. The molecule has 0 amide bonds. The van der Waals surface area contributed by atoms with Crippen molar-refractivity contribution in [3.8, 4) is 0 Å². The third-order valence-corrected chi connectivity index (χ3v) is 6.81. The van der Waals surface area contributed by atoms with E-state index in [2.05, 4.69) is 34.1 Å². The second kappa shape index (κ2) is 9.41. The zero-order valence-corrected chi connectivity index (χ0v) is 16.7.